The van der Waals surface area contributed by atoms with Crippen LogP contribution in [-0.2, 0) is 4.79 Å². The second-order valence-electron chi connectivity index (χ2n) is 6.76. The third-order valence-corrected chi connectivity index (χ3v) is 4.77. The summed E-state index contributed by atoms with van der Waals surface area (Å²) in [6.45, 7) is 2.53. The monoisotopic (exact) mass is 388 g/mol. The lowest BCUT2D eigenvalue weighted by Gasteiger charge is -2.05. The standard InChI is InChI=1S/C17H13N3O.C5H7NO2/c1-12-18-11-16-10-14(5-7-20(12)16)13-3-2-4-15(9-13)17-6-8-21-19-17;1-6-3-2-4(7)5(6)8/h2-11H,1H3;2,7H,3H2,1H3. The van der Waals surface area contributed by atoms with Crippen LogP contribution < -0.4 is 0 Å². The molecule has 0 radical (unpaired) electrons. The summed E-state index contributed by atoms with van der Waals surface area (Å²) in [6, 6.07) is 14.4. The fourth-order valence-electron chi connectivity index (χ4n) is 3.12. The van der Waals surface area contributed by atoms with Crippen LogP contribution in [0, 0.1) is 6.92 Å². The molecule has 0 aliphatic carbocycles. The maximum Gasteiger partial charge on any atom is 0.288 e. The first-order valence-corrected chi connectivity index (χ1v) is 9.12. The van der Waals surface area contributed by atoms with Crippen LogP contribution in [0.4, 0.5) is 0 Å². The van der Waals surface area contributed by atoms with Crippen LogP contribution in [0.1, 0.15) is 5.82 Å². The molecule has 7 nitrogen and oxygen atoms in total. The number of carbonyl (C=O) groups is 1. The van der Waals surface area contributed by atoms with Crippen LogP contribution in [0.25, 0.3) is 27.9 Å². The molecule has 7 heteroatoms. The molecule has 5 rings (SSSR count). The van der Waals surface area contributed by atoms with Gasteiger partial charge in [-0.05, 0) is 42.3 Å². The van der Waals surface area contributed by atoms with Gasteiger partial charge in [-0.25, -0.2) is 4.98 Å². The van der Waals surface area contributed by atoms with E-state index < -0.39 is 0 Å². The first-order valence-electron chi connectivity index (χ1n) is 9.12. The molecule has 0 atom stereocenters. The van der Waals surface area contributed by atoms with E-state index in [9.17, 15) is 4.79 Å². The molecule has 1 aliphatic rings. The Morgan fingerprint density at radius 3 is 2.55 bits per heavy atom. The maximum atomic E-state index is 10.5. The largest absolute Gasteiger partial charge is 0.503 e. The second-order valence-corrected chi connectivity index (χ2v) is 6.76. The van der Waals surface area contributed by atoms with Crippen LogP contribution in [-0.4, -0.2) is 44.0 Å². The number of fused-ring (bicyclic) bond motifs is 1. The van der Waals surface area contributed by atoms with E-state index in [1.807, 2.05) is 31.3 Å². The molecule has 0 spiro atoms. The van der Waals surface area contributed by atoms with Crippen molar-refractivity contribution in [2.75, 3.05) is 13.6 Å². The van der Waals surface area contributed by atoms with Crippen molar-refractivity contribution in [2.24, 2.45) is 0 Å². The van der Waals surface area contributed by atoms with Gasteiger partial charge >= 0.3 is 0 Å². The van der Waals surface area contributed by atoms with E-state index in [4.69, 9.17) is 9.63 Å². The molecule has 1 N–H and O–H groups in total. The van der Waals surface area contributed by atoms with Gasteiger partial charge in [0.1, 0.15) is 17.8 Å². The molecule has 0 unspecified atom stereocenters. The number of aliphatic hydroxyl groups excluding tert-OH is 1. The summed E-state index contributed by atoms with van der Waals surface area (Å²) in [6.07, 6.45) is 7.02. The number of nitrogens with zero attached hydrogens (tertiary/aromatic N) is 4. The van der Waals surface area contributed by atoms with Crippen molar-refractivity contribution in [3.05, 3.63) is 78.8 Å². The van der Waals surface area contributed by atoms with Crippen LogP contribution >= 0.6 is 0 Å². The summed E-state index contributed by atoms with van der Waals surface area (Å²) in [5, 5.41) is 12.6. The minimum absolute atomic E-state index is 0.132. The minimum Gasteiger partial charge on any atom is -0.503 e. The van der Waals surface area contributed by atoms with Gasteiger partial charge in [-0.2, -0.15) is 0 Å². The Hall–Kier alpha value is -3.87. The van der Waals surface area contributed by atoms with Gasteiger partial charge in [0.15, 0.2) is 5.76 Å². The number of aryl methyl sites for hydroxylation is 1. The van der Waals surface area contributed by atoms with E-state index in [0.29, 0.717) is 6.54 Å². The lowest BCUT2D eigenvalue weighted by Crippen LogP contribution is -2.21. The SMILES string of the molecule is CN1CC=C(O)C1=O.Cc1ncc2cc(-c3cccc(-c4ccon4)c3)ccn12. The van der Waals surface area contributed by atoms with Gasteiger partial charge in [-0.3, -0.25) is 4.79 Å². The maximum absolute atomic E-state index is 10.5. The highest BCUT2D eigenvalue weighted by atomic mass is 16.5. The Bertz CT molecular complexity index is 1190. The highest BCUT2D eigenvalue weighted by molar-refractivity contribution is 5.93. The topological polar surface area (TPSA) is 83.9 Å². The number of aromatic nitrogens is 3. The Kier molecular flexibility index (Phi) is 4.87. The van der Waals surface area contributed by atoms with Gasteiger partial charge in [-0.1, -0.05) is 23.4 Å². The van der Waals surface area contributed by atoms with Gasteiger partial charge in [0, 0.05) is 31.4 Å². The number of aliphatic hydroxyl groups is 1. The van der Waals surface area contributed by atoms with Gasteiger partial charge in [0.25, 0.3) is 5.91 Å². The first-order chi connectivity index (χ1) is 14.0. The van der Waals surface area contributed by atoms with Crippen molar-refractivity contribution in [3.8, 4) is 22.4 Å². The molecule has 1 amide bonds. The molecule has 1 aromatic carbocycles. The van der Waals surface area contributed by atoms with E-state index in [2.05, 4.69) is 45.0 Å². The lowest BCUT2D eigenvalue weighted by atomic mass is 10.0. The zero-order valence-corrected chi connectivity index (χ0v) is 16.1. The summed E-state index contributed by atoms with van der Waals surface area (Å²) in [4.78, 5) is 16.3. The average Bonchev–Trinajstić information content (AvgIpc) is 3.47. The number of amides is 1. The number of hydrogen-bond acceptors (Lipinski definition) is 5. The van der Waals surface area contributed by atoms with Crippen molar-refractivity contribution in [1.29, 1.82) is 0 Å². The van der Waals surface area contributed by atoms with Crippen molar-refractivity contribution in [3.63, 3.8) is 0 Å². The summed E-state index contributed by atoms with van der Waals surface area (Å²) in [7, 11) is 1.64. The van der Waals surface area contributed by atoms with Crippen LogP contribution in [0.15, 0.2) is 77.5 Å². The number of rotatable bonds is 2. The van der Waals surface area contributed by atoms with Crippen LogP contribution in [0.5, 0.6) is 0 Å². The van der Waals surface area contributed by atoms with Crippen molar-refractivity contribution >= 4 is 11.4 Å². The van der Waals surface area contributed by atoms with Gasteiger partial charge < -0.3 is 18.9 Å². The predicted octanol–water partition coefficient (Wildman–Crippen LogP) is 3.87. The molecule has 4 aromatic rings. The summed E-state index contributed by atoms with van der Waals surface area (Å²) in [5.74, 6) is 0.574. The normalized spacial score (nSPS) is 13.4. The highest BCUT2D eigenvalue weighted by Gasteiger charge is 2.18. The summed E-state index contributed by atoms with van der Waals surface area (Å²) in [5.41, 5.74) is 5.30. The molecule has 0 bridgehead atoms. The zero-order valence-electron chi connectivity index (χ0n) is 16.1. The number of imidazole rings is 1. The van der Waals surface area contributed by atoms with E-state index in [1.165, 1.54) is 11.0 Å². The van der Waals surface area contributed by atoms with E-state index >= 15 is 0 Å². The number of benzene rings is 1. The smallest absolute Gasteiger partial charge is 0.288 e. The Morgan fingerprint density at radius 2 is 1.90 bits per heavy atom. The van der Waals surface area contributed by atoms with E-state index in [1.54, 1.807) is 13.3 Å². The molecule has 0 fully saturated rings. The van der Waals surface area contributed by atoms with Crippen molar-refractivity contribution < 1.29 is 14.4 Å². The van der Waals surface area contributed by atoms with Crippen LogP contribution in [0.3, 0.4) is 0 Å². The third kappa shape index (κ3) is 3.75. The number of carbonyl (C=O) groups excluding carboxylic acids is 1. The predicted molar refractivity (Wildman–Crippen MR) is 109 cm³/mol. The van der Waals surface area contributed by atoms with Crippen LogP contribution in [0.2, 0.25) is 0 Å². The summed E-state index contributed by atoms with van der Waals surface area (Å²) < 4.78 is 6.99. The quantitative estimate of drug-likeness (QED) is 0.564. The van der Waals surface area contributed by atoms with E-state index in [0.717, 1.165) is 33.7 Å². The third-order valence-electron chi connectivity index (χ3n) is 4.77. The summed E-state index contributed by atoms with van der Waals surface area (Å²) >= 11 is 0. The molecule has 0 saturated heterocycles. The number of likely N-dealkylation sites (N-methyl/N-ethyl adjacent to an activating group) is 1. The molecule has 29 heavy (non-hydrogen) atoms. The fourth-order valence-corrected chi connectivity index (χ4v) is 3.12. The van der Waals surface area contributed by atoms with Gasteiger partial charge in [0.05, 0.1) is 11.7 Å². The number of pyridine rings is 1. The molecule has 4 heterocycles. The fraction of sp³-hybridized carbons (Fsp3) is 0.136. The number of hydrogen-bond donors (Lipinski definition) is 1. The molecular formula is C22H20N4O3. The second kappa shape index (κ2) is 7.63. The minimum atomic E-state index is -0.287. The lowest BCUT2D eigenvalue weighted by molar-refractivity contribution is -0.126. The van der Waals surface area contributed by atoms with Crippen molar-refractivity contribution in [1.82, 2.24) is 19.4 Å². The Balaban J connectivity index is 0.000000216. The Labute approximate surface area is 167 Å². The molecule has 1 aliphatic heterocycles. The molecule has 0 saturated carbocycles. The molecule has 146 valence electrons. The van der Waals surface area contributed by atoms with Gasteiger partial charge in [-0.15, -0.1) is 0 Å². The zero-order chi connectivity index (χ0) is 20.4. The van der Waals surface area contributed by atoms with Gasteiger partial charge in [0.2, 0.25) is 0 Å². The average molecular weight is 388 g/mol. The van der Waals surface area contributed by atoms with E-state index in [-0.39, 0.29) is 11.7 Å². The molecular weight excluding hydrogens is 368 g/mol. The molecule has 3 aromatic heterocycles. The Morgan fingerprint density at radius 1 is 1.10 bits per heavy atom. The highest BCUT2D eigenvalue weighted by Crippen LogP contribution is 2.26. The van der Waals surface area contributed by atoms with Crippen molar-refractivity contribution in [2.45, 2.75) is 6.92 Å². The first kappa shape index (κ1) is 18.5.